The van der Waals surface area contributed by atoms with E-state index in [-0.39, 0.29) is 36.3 Å². The van der Waals surface area contributed by atoms with Gasteiger partial charge in [0, 0.05) is 17.5 Å². The summed E-state index contributed by atoms with van der Waals surface area (Å²) in [6.07, 6.45) is 0. The van der Waals surface area contributed by atoms with Gasteiger partial charge in [-0.1, -0.05) is 25.1 Å². The van der Waals surface area contributed by atoms with E-state index in [0.717, 1.165) is 11.3 Å². The number of rotatable bonds is 3. The number of amides is 1. The zero-order chi connectivity index (χ0) is 12.4. The zero-order valence-electron chi connectivity index (χ0n) is 10.6. The van der Waals surface area contributed by atoms with Gasteiger partial charge in [-0.15, -0.1) is 12.4 Å². The van der Waals surface area contributed by atoms with E-state index in [4.69, 9.17) is 10.5 Å². The van der Waals surface area contributed by atoms with E-state index in [0.29, 0.717) is 6.61 Å². The number of nitrogens with two attached hydrogens (primary N) is 1. The van der Waals surface area contributed by atoms with Gasteiger partial charge < -0.3 is 15.8 Å². The van der Waals surface area contributed by atoms with E-state index in [2.05, 4.69) is 5.32 Å². The number of carbonyl (C=O) groups is 1. The molecule has 1 aromatic carbocycles. The summed E-state index contributed by atoms with van der Waals surface area (Å²) < 4.78 is 5.51. The molecule has 0 bridgehead atoms. The molecule has 4 nitrogen and oxygen atoms in total. The quantitative estimate of drug-likeness (QED) is 0.878. The van der Waals surface area contributed by atoms with Gasteiger partial charge in [0.1, 0.15) is 12.4 Å². The lowest BCUT2D eigenvalue weighted by Crippen LogP contribution is -2.40. The van der Waals surface area contributed by atoms with E-state index in [1.165, 1.54) is 0 Å². The van der Waals surface area contributed by atoms with Crippen LogP contribution in [-0.2, 0) is 4.79 Å². The normalized spacial score (nSPS) is 20.1. The summed E-state index contributed by atoms with van der Waals surface area (Å²) in [5, 5.41) is 2.97. The fourth-order valence-corrected chi connectivity index (χ4v) is 1.82. The maximum Gasteiger partial charge on any atom is 0.224 e. The number of hydrogen-bond acceptors (Lipinski definition) is 3. The lowest BCUT2D eigenvalue weighted by atomic mass is 10.0. The lowest BCUT2D eigenvalue weighted by Gasteiger charge is -2.18. The Labute approximate surface area is 113 Å². The Morgan fingerprint density at radius 1 is 1.44 bits per heavy atom. The average Bonchev–Trinajstić information content (AvgIpc) is 2.71. The fourth-order valence-electron chi connectivity index (χ4n) is 1.82. The van der Waals surface area contributed by atoms with E-state index < -0.39 is 0 Å². The minimum Gasteiger partial charge on any atom is -0.491 e. The number of benzene rings is 1. The van der Waals surface area contributed by atoms with Gasteiger partial charge >= 0.3 is 0 Å². The molecule has 1 heterocycles. The molecule has 1 amide bonds. The van der Waals surface area contributed by atoms with Crippen LogP contribution >= 0.6 is 12.4 Å². The second-order valence-electron chi connectivity index (χ2n) is 4.56. The molecular weight excluding hydrogens is 252 g/mol. The molecule has 1 aliphatic rings. The Kier molecular flexibility index (Phi) is 4.99. The van der Waals surface area contributed by atoms with Crippen LogP contribution < -0.4 is 15.8 Å². The Morgan fingerprint density at radius 3 is 2.78 bits per heavy atom. The lowest BCUT2D eigenvalue weighted by molar-refractivity contribution is -0.125. The molecule has 18 heavy (non-hydrogen) atoms. The van der Waals surface area contributed by atoms with Crippen LogP contribution in [-0.4, -0.2) is 18.6 Å². The van der Waals surface area contributed by atoms with E-state index in [1.807, 2.05) is 38.1 Å². The van der Waals surface area contributed by atoms with Crippen molar-refractivity contribution in [3.8, 4) is 5.75 Å². The van der Waals surface area contributed by atoms with Crippen molar-refractivity contribution in [1.82, 2.24) is 5.32 Å². The Hall–Kier alpha value is -1.26. The summed E-state index contributed by atoms with van der Waals surface area (Å²) >= 11 is 0. The minimum absolute atomic E-state index is 0. The molecule has 3 N–H and O–H groups in total. The first-order valence-corrected chi connectivity index (χ1v) is 5.87. The highest BCUT2D eigenvalue weighted by molar-refractivity contribution is 5.85. The van der Waals surface area contributed by atoms with Gasteiger partial charge in [-0.05, 0) is 13.0 Å². The molecule has 0 saturated heterocycles. The molecule has 3 unspecified atom stereocenters. The van der Waals surface area contributed by atoms with Crippen molar-refractivity contribution in [3.05, 3.63) is 29.8 Å². The molecule has 2 rings (SSSR count). The molecule has 1 aromatic rings. The molecule has 5 heteroatoms. The number of nitrogens with one attached hydrogen (secondary N) is 1. The van der Waals surface area contributed by atoms with E-state index >= 15 is 0 Å². The second-order valence-corrected chi connectivity index (χ2v) is 4.56. The molecule has 0 saturated carbocycles. The first kappa shape index (κ1) is 14.8. The standard InChI is InChI=1S/C13H18N2O2.ClH/c1-8(9(2)14)13(16)15-11-7-17-12-6-4-3-5-10(11)12;/h3-6,8-9,11H,7,14H2,1-2H3,(H,15,16);1H. The van der Waals surface area contributed by atoms with Crippen molar-refractivity contribution in [2.45, 2.75) is 25.9 Å². The number of carbonyl (C=O) groups excluding carboxylic acids is 1. The van der Waals surface area contributed by atoms with E-state index in [9.17, 15) is 4.79 Å². The van der Waals surface area contributed by atoms with Crippen molar-refractivity contribution in [2.24, 2.45) is 11.7 Å². The predicted octanol–water partition coefficient (Wildman–Crippen LogP) is 1.64. The summed E-state index contributed by atoms with van der Waals surface area (Å²) in [5.41, 5.74) is 6.75. The molecule has 100 valence electrons. The van der Waals surface area contributed by atoms with Crippen LogP contribution in [0.3, 0.4) is 0 Å². The van der Waals surface area contributed by atoms with Crippen LogP contribution in [0.4, 0.5) is 0 Å². The predicted molar refractivity (Wildman–Crippen MR) is 72.9 cm³/mol. The van der Waals surface area contributed by atoms with Crippen LogP contribution in [0.2, 0.25) is 0 Å². The minimum atomic E-state index is -0.192. The molecular formula is C13H19ClN2O2. The van der Waals surface area contributed by atoms with Gasteiger partial charge in [-0.3, -0.25) is 4.79 Å². The first-order valence-electron chi connectivity index (χ1n) is 5.87. The number of ether oxygens (including phenoxy) is 1. The smallest absolute Gasteiger partial charge is 0.224 e. The molecule has 1 aliphatic heterocycles. The van der Waals surface area contributed by atoms with Gasteiger partial charge in [-0.2, -0.15) is 0 Å². The summed E-state index contributed by atoms with van der Waals surface area (Å²) in [5.74, 6) is 0.638. The monoisotopic (exact) mass is 270 g/mol. The third kappa shape index (κ3) is 2.94. The van der Waals surface area contributed by atoms with Crippen LogP contribution in [0.25, 0.3) is 0 Å². The van der Waals surface area contributed by atoms with Crippen molar-refractivity contribution < 1.29 is 9.53 Å². The summed E-state index contributed by atoms with van der Waals surface area (Å²) in [6, 6.07) is 7.56. The van der Waals surface area contributed by atoms with Gasteiger partial charge in [0.2, 0.25) is 5.91 Å². The van der Waals surface area contributed by atoms with Gasteiger partial charge in [0.05, 0.1) is 6.04 Å². The SMILES string of the molecule is CC(N)C(C)C(=O)NC1COc2ccccc21.Cl. The molecule has 0 spiro atoms. The second kappa shape index (κ2) is 6.07. The van der Waals surface area contributed by atoms with Crippen LogP contribution in [0.1, 0.15) is 25.5 Å². The third-order valence-electron chi connectivity index (χ3n) is 3.22. The summed E-state index contributed by atoms with van der Waals surface area (Å²) in [6.45, 7) is 4.17. The fraction of sp³-hybridized carbons (Fsp3) is 0.462. The van der Waals surface area contributed by atoms with Crippen molar-refractivity contribution >= 4 is 18.3 Å². The zero-order valence-corrected chi connectivity index (χ0v) is 11.4. The topological polar surface area (TPSA) is 64.4 Å². The maximum atomic E-state index is 11.9. The van der Waals surface area contributed by atoms with Gasteiger partial charge in [0.25, 0.3) is 0 Å². The van der Waals surface area contributed by atoms with E-state index in [1.54, 1.807) is 0 Å². The van der Waals surface area contributed by atoms with Gasteiger partial charge in [0.15, 0.2) is 0 Å². The van der Waals surface area contributed by atoms with Crippen LogP contribution in [0, 0.1) is 5.92 Å². The largest absolute Gasteiger partial charge is 0.491 e. The first-order chi connectivity index (χ1) is 8.09. The maximum absolute atomic E-state index is 11.9. The Morgan fingerprint density at radius 2 is 2.11 bits per heavy atom. The number of fused-ring (bicyclic) bond motifs is 1. The van der Waals surface area contributed by atoms with Gasteiger partial charge in [-0.25, -0.2) is 0 Å². The molecule has 0 aliphatic carbocycles. The molecule has 3 atom stereocenters. The molecule has 0 fully saturated rings. The van der Waals surface area contributed by atoms with Crippen molar-refractivity contribution in [1.29, 1.82) is 0 Å². The number of halogens is 1. The van der Waals surface area contributed by atoms with Crippen molar-refractivity contribution in [2.75, 3.05) is 6.61 Å². The number of para-hydroxylation sites is 1. The highest BCUT2D eigenvalue weighted by atomic mass is 35.5. The summed E-state index contributed by atoms with van der Waals surface area (Å²) in [7, 11) is 0. The molecule has 0 radical (unpaired) electrons. The highest BCUT2D eigenvalue weighted by Gasteiger charge is 2.27. The third-order valence-corrected chi connectivity index (χ3v) is 3.22. The Balaban J connectivity index is 0.00000162. The highest BCUT2D eigenvalue weighted by Crippen LogP contribution is 2.31. The van der Waals surface area contributed by atoms with Crippen LogP contribution in [0.5, 0.6) is 5.75 Å². The molecule has 0 aromatic heterocycles. The van der Waals surface area contributed by atoms with Crippen molar-refractivity contribution in [3.63, 3.8) is 0 Å². The average molecular weight is 271 g/mol. The number of hydrogen-bond donors (Lipinski definition) is 2. The summed E-state index contributed by atoms with van der Waals surface area (Å²) in [4.78, 5) is 11.9. The Bertz CT molecular complexity index is 423. The van der Waals surface area contributed by atoms with Crippen LogP contribution in [0.15, 0.2) is 24.3 Å².